The number of methoxy groups -OCH3 is 1. The molecule has 0 atom stereocenters. The summed E-state index contributed by atoms with van der Waals surface area (Å²) < 4.78 is 18.0. The van der Waals surface area contributed by atoms with E-state index in [2.05, 4.69) is 4.98 Å². The highest BCUT2D eigenvalue weighted by Crippen LogP contribution is 2.29. The fourth-order valence-corrected chi connectivity index (χ4v) is 1.43. The van der Waals surface area contributed by atoms with Gasteiger partial charge in [-0.25, -0.2) is 4.39 Å². The summed E-state index contributed by atoms with van der Waals surface area (Å²) in [5, 5.41) is 9.60. The molecule has 4 heteroatoms. The van der Waals surface area contributed by atoms with Crippen LogP contribution in [0.25, 0.3) is 11.3 Å². The maximum atomic E-state index is 13.2. The van der Waals surface area contributed by atoms with Crippen LogP contribution in [-0.4, -0.2) is 17.2 Å². The van der Waals surface area contributed by atoms with Crippen LogP contribution in [-0.2, 0) is 0 Å². The molecule has 1 aromatic heterocycles. The molecule has 0 radical (unpaired) electrons. The van der Waals surface area contributed by atoms with E-state index >= 15 is 0 Å². The molecule has 0 aliphatic heterocycles. The molecule has 1 aromatic carbocycles. The predicted octanol–water partition coefficient (Wildman–Crippen LogP) is 2.60. The molecule has 1 N–H and O–H groups in total. The predicted molar refractivity (Wildman–Crippen MR) is 57.8 cm³/mol. The Kier molecular flexibility index (Phi) is 2.72. The summed E-state index contributed by atoms with van der Waals surface area (Å²) in [6.07, 6.45) is 1.56. The summed E-state index contributed by atoms with van der Waals surface area (Å²) >= 11 is 0. The molecule has 2 aromatic rings. The molecule has 0 saturated carbocycles. The topological polar surface area (TPSA) is 42.4 Å². The molecular weight excluding hydrogens is 209 g/mol. The van der Waals surface area contributed by atoms with Gasteiger partial charge in [0.2, 0.25) is 0 Å². The summed E-state index contributed by atoms with van der Waals surface area (Å²) in [5.74, 6) is -0.264. The Hall–Kier alpha value is -2.10. The molecule has 2 rings (SSSR count). The van der Waals surface area contributed by atoms with E-state index in [4.69, 9.17) is 4.74 Å². The molecule has 0 amide bonds. The van der Waals surface area contributed by atoms with Gasteiger partial charge in [-0.2, -0.15) is 0 Å². The molecule has 0 fully saturated rings. The monoisotopic (exact) mass is 219 g/mol. The van der Waals surface area contributed by atoms with Gasteiger partial charge in [0.1, 0.15) is 11.4 Å². The Balaban J connectivity index is 2.53. The normalized spacial score (nSPS) is 10.1. The summed E-state index contributed by atoms with van der Waals surface area (Å²) in [6, 6.07) is 7.47. The summed E-state index contributed by atoms with van der Waals surface area (Å²) in [4.78, 5) is 4.03. The molecule has 0 bridgehead atoms. The Labute approximate surface area is 92.1 Å². The molecular formula is C12H10FNO2. The maximum Gasteiger partial charge on any atom is 0.165 e. The number of halogens is 1. The van der Waals surface area contributed by atoms with Crippen molar-refractivity contribution in [2.24, 2.45) is 0 Å². The number of pyridine rings is 1. The first-order chi connectivity index (χ1) is 7.72. The summed E-state index contributed by atoms with van der Waals surface area (Å²) in [6.45, 7) is 0. The number of rotatable bonds is 2. The lowest BCUT2D eigenvalue weighted by Gasteiger charge is -2.06. The fraction of sp³-hybridized carbons (Fsp3) is 0.0833. The van der Waals surface area contributed by atoms with E-state index in [1.165, 1.54) is 25.3 Å². The molecule has 16 heavy (non-hydrogen) atoms. The van der Waals surface area contributed by atoms with Crippen molar-refractivity contribution in [1.82, 2.24) is 4.98 Å². The molecule has 0 unspecified atom stereocenters. The van der Waals surface area contributed by atoms with Crippen molar-refractivity contribution < 1.29 is 14.2 Å². The van der Waals surface area contributed by atoms with E-state index in [-0.39, 0.29) is 11.5 Å². The Morgan fingerprint density at radius 2 is 2.12 bits per heavy atom. The van der Waals surface area contributed by atoms with E-state index in [9.17, 15) is 9.50 Å². The number of aromatic hydroxyl groups is 1. The molecule has 0 aliphatic carbocycles. The van der Waals surface area contributed by atoms with E-state index in [0.717, 1.165) is 0 Å². The number of aromatic nitrogens is 1. The highest BCUT2D eigenvalue weighted by atomic mass is 19.1. The number of benzene rings is 1. The average Bonchev–Trinajstić information content (AvgIpc) is 2.31. The first-order valence-corrected chi connectivity index (χ1v) is 4.70. The van der Waals surface area contributed by atoms with Crippen molar-refractivity contribution in [3.05, 3.63) is 42.3 Å². The number of hydrogen-bond donors (Lipinski definition) is 1. The Bertz CT molecular complexity index is 514. The van der Waals surface area contributed by atoms with Crippen LogP contribution >= 0.6 is 0 Å². The standard InChI is InChI=1S/C12H10FNO2/c1-16-11-7-8(4-5-9(11)13)12-10(15)3-2-6-14-12/h2-7,15H,1H3. The lowest BCUT2D eigenvalue weighted by Crippen LogP contribution is -1.90. The van der Waals surface area contributed by atoms with Gasteiger partial charge in [-0.1, -0.05) is 0 Å². The minimum Gasteiger partial charge on any atom is -0.506 e. The van der Waals surface area contributed by atoms with Gasteiger partial charge in [-0.3, -0.25) is 4.98 Å². The number of nitrogens with zero attached hydrogens (tertiary/aromatic N) is 1. The van der Waals surface area contributed by atoms with Crippen LogP contribution < -0.4 is 4.74 Å². The van der Waals surface area contributed by atoms with Crippen LogP contribution in [0.1, 0.15) is 0 Å². The zero-order chi connectivity index (χ0) is 11.5. The van der Waals surface area contributed by atoms with Crippen LogP contribution in [0.2, 0.25) is 0 Å². The largest absolute Gasteiger partial charge is 0.506 e. The second kappa shape index (κ2) is 4.18. The Morgan fingerprint density at radius 1 is 1.31 bits per heavy atom. The van der Waals surface area contributed by atoms with E-state index in [0.29, 0.717) is 11.3 Å². The molecule has 0 saturated heterocycles. The third-order valence-corrected chi connectivity index (χ3v) is 2.21. The van der Waals surface area contributed by atoms with E-state index < -0.39 is 5.82 Å². The fourth-order valence-electron chi connectivity index (χ4n) is 1.43. The zero-order valence-electron chi connectivity index (χ0n) is 8.64. The van der Waals surface area contributed by atoms with Crippen molar-refractivity contribution in [2.75, 3.05) is 7.11 Å². The van der Waals surface area contributed by atoms with Gasteiger partial charge >= 0.3 is 0 Å². The second-order valence-electron chi connectivity index (χ2n) is 3.22. The molecule has 82 valence electrons. The van der Waals surface area contributed by atoms with Crippen LogP contribution in [0.5, 0.6) is 11.5 Å². The Morgan fingerprint density at radius 3 is 2.81 bits per heavy atom. The van der Waals surface area contributed by atoms with Crippen molar-refractivity contribution in [3.63, 3.8) is 0 Å². The lowest BCUT2D eigenvalue weighted by molar-refractivity contribution is 0.386. The van der Waals surface area contributed by atoms with Crippen LogP contribution in [0, 0.1) is 5.82 Å². The number of ether oxygens (including phenoxy) is 1. The quantitative estimate of drug-likeness (QED) is 0.844. The second-order valence-corrected chi connectivity index (χ2v) is 3.22. The van der Waals surface area contributed by atoms with Gasteiger partial charge < -0.3 is 9.84 Å². The summed E-state index contributed by atoms with van der Waals surface area (Å²) in [7, 11) is 1.39. The van der Waals surface area contributed by atoms with Gasteiger partial charge in [0.15, 0.2) is 11.6 Å². The molecule has 0 spiro atoms. The SMILES string of the molecule is COc1cc(-c2ncccc2O)ccc1F. The number of hydrogen-bond acceptors (Lipinski definition) is 3. The average molecular weight is 219 g/mol. The third kappa shape index (κ3) is 1.82. The first-order valence-electron chi connectivity index (χ1n) is 4.70. The van der Waals surface area contributed by atoms with Gasteiger partial charge in [0, 0.05) is 11.8 Å². The van der Waals surface area contributed by atoms with Gasteiger partial charge in [0.25, 0.3) is 0 Å². The van der Waals surface area contributed by atoms with Crippen LogP contribution in [0.3, 0.4) is 0 Å². The highest BCUT2D eigenvalue weighted by Gasteiger charge is 2.09. The van der Waals surface area contributed by atoms with Crippen molar-refractivity contribution in [2.45, 2.75) is 0 Å². The van der Waals surface area contributed by atoms with E-state index in [1.54, 1.807) is 18.3 Å². The van der Waals surface area contributed by atoms with Crippen LogP contribution in [0.15, 0.2) is 36.5 Å². The minimum atomic E-state index is -0.443. The molecule has 1 heterocycles. The third-order valence-electron chi connectivity index (χ3n) is 2.21. The summed E-state index contributed by atoms with van der Waals surface area (Å²) in [5.41, 5.74) is 1.01. The van der Waals surface area contributed by atoms with Crippen molar-refractivity contribution in [3.8, 4) is 22.8 Å². The van der Waals surface area contributed by atoms with Gasteiger partial charge in [0.05, 0.1) is 7.11 Å². The first kappa shape index (κ1) is 10.4. The highest BCUT2D eigenvalue weighted by molar-refractivity contribution is 5.67. The van der Waals surface area contributed by atoms with Crippen molar-refractivity contribution >= 4 is 0 Å². The molecule has 3 nitrogen and oxygen atoms in total. The van der Waals surface area contributed by atoms with E-state index in [1.807, 2.05) is 0 Å². The van der Waals surface area contributed by atoms with Crippen molar-refractivity contribution in [1.29, 1.82) is 0 Å². The smallest absolute Gasteiger partial charge is 0.165 e. The maximum absolute atomic E-state index is 13.2. The minimum absolute atomic E-state index is 0.0520. The lowest BCUT2D eigenvalue weighted by atomic mass is 10.1. The van der Waals surface area contributed by atoms with Crippen LogP contribution in [0.4, 0.5) is 4.39 Å². The zero-order valence-corrected chi connectivity index (χ0v) is 8.64. The van der Waals surface area contributed by atoms with Gasteiger partial charge in [-0.05, 0) is 30.3 Å². The van der Waals surface area contributed by atoms with Gasteiger partial charge in [-0.15, -0.1) is 0 Å². The molecule has 0 aliphatic rings.